The van der Waals surface area contributed by atoms with E-state index in [1.54, 1.807) is 30.3 Å². The first-order chi connectivity index (χ1) is 21.4. The number of hydrogen-bond acceptors (Lipinski definition) is 4. The van der Waals surface area contributed by atoms with Gasteiger partial charge in [-0.25, -0.2) is 8.42 Å². The first kappa shape index (κ1) is 33.5. The molecule has 4 rings (SSSR count). The van der Waals surface area contributed by atoms with E-state index in [0.717, 1.165) is 33.0 Å². The van der Waals surface area contributed by atoms with Crippen LogP contribution in [-0.4, -0.2) is 43.3 Å². The number of anilines is 1. The number of hydrogen-bond donors (Lipinski definition) is 1. The summed E-state index contributed by atoms with van der Waals surface area (Å²) < 4.78 is 29.3. The molecule has 0 unspecified atom stereocenters. The lowest BCUT2D eigenvalue weighted by Crippen LogP contribution is -2.56. The zero-order chi connectivity index (χ0) is 32.6. The molecular formula is C37H43N3O4S. The zero-order valence-electron chi connectivity index (χ0n) is 26.7. The number of sulfonamides is 1. The molecule has 236 valence electrons. The van der Waals surface area contributed by atoms with Gasteiger partial charge in [-0.15, -0.1) is 0 Å². The molecule has 0 aromatic heterocycles. The monoisotopic (exact) mass is 625 g/mol. The Morgan fingerprint density at radius 2 is 1.31 bits per heavy atom. The Balaban J connectivity index is 1.81. The highest BCUT2D eigenvalue weighted by molar-refractivity contribution is 7.92. The minimum atomic E-state index is -4.13. The highest BCUT2D eigenvalue weighted by atomic mass is 32.2. The third-order valence-corrected chi connectivity index (χ3v) is 9.27. The average molecular weight is 626 g/mol. The molecular weight excluding hydrogens is 582 g/mol. The summed E-state index contributed by atoms with van der Waals surface area (Å²) in [6.45, 7) is 9.33. The van der Waals surface area contributed by atoms with Crippen LogP contribution in [-0.2, 0) is 39.0 Å². The molecule has 45 heavy (non-hydrogen) atoms. The van der Waals surface area contributed by atoms with Gasteiger partial charge in [0.15, 0.2) is 0 Å². The van der Waals surface area contributed by atoms with Gasteiger partial charge in [-0.05, 0) is 75.1 Å². The van der Waals surface area contributed by atoms with Crippen LogP contribution in [0.3, 0.4) is 0 Å². The number of amides is 2. The van der Waals surface area contributed by atoms with Crippen molar-refractivity contribution in [1.82, 2.24) is 10.2 Å². The van der Waals surface area contributed by atoms with Gasteiger partial charge in [-0.3, -0.25) is 13.9 Å². The Labute approximate surface area is 268 Å². The van der Waals surface area contributed by atoms with Crippen LogP contribution in [0.15, 0.2) is 114 Å². The topological polar surface area (TPSA) is 86.8 Å². The van der Waals surface area contributed by atoms with E-state index in [-0.39, 0.29) is 23.8 Å². The standard InChI is InChI=1S/C37H43N3O4S/c1-6-29-21-23-32(24-22-29)40(45(43,44)33-15-11-8-12-16-33)27-35(41)39(26-31-19-17-28(2)18-20-31)34(36(42)38-37(3,4)5)25-30-13-9-7-10-14-30/h7-24,34H,6,25-27H2,1-5H3,(H,38,42)/t34-/m0/s1. The summed E-state index contributed by atoms with van der Waals surface area (Å²) in [5.74, 6) is -0.795. The molecule has 7 nitrogen and oxygen atoms in total. The van der Waals surface area contributed by atoms with E-state index in [9.17, 15) is 18.0 Å². The first-order valence-electron chi connectivity index (χ1n) is 15.2. The van der Waals surface area contributed by atoms with Crippen molar-refractivity contribution in [1.29, 1.82) is 0 Å². The van der Waals surface area contributed by atoms with Crippen molar-refractivity contribution >= 4 is 27.5 Å². The number of rotatable bonds is 12. The number of carbonyl (C=O) groups excluding carboxylic acids is 2. The molecule has 4 aromatic rings. The van der Waals surface area contributed by atoms with Crippen molar-refractivity contribution in [2.45, 2.75) is 70.5 Å². The molecule has 0 heterocycles. The number of nitrogens with one attached hydrogen (secondary N) is 1. The Hall–Kier alpha value is -4.43. The number of carbonyl (C=O) groups is 2. The molecule has 1 atom stereocenters. The van der Waals surface area contributed by atoms with E-state index in [4.69, 9.17) is 0 Å². The Morgan fingerprint density at radius 1 is 0.756 bits per heavy atom. The van der Waals surface area contributed by atoms with Gasteiger partial charge in [-0.1, -0.05) is 97.4 Å². The summed E-state index contributed by atoms with van der Waals surface area (Å²) in [4.78, 5) is 30.1. The smallest absolute Gasteiger partial charge is 0.264 e. The second kappa shape index (κ2) is 14.6. The summed E-state index contributed by atoms with van der Waals surface area (Å²) in [6, 6.07) is 31.7. The molecule has 0 spiro atoms. The van der Waals surface area contributed by atoms with Gasteiger partial charge in [0.25, 0.3) is 10.0 Å². The van der Waals surface area contributed by atoms with Crippen molar-refractivity contribution < 1.29 is 18.0 Å². The van der Waals surface area contributed by atoms with Gasteiger partial charge in [-0.2, -0.15) is 0 Å². The molecule has 0 aliphatic carbocycles. The lowest BCUT2D eigenvalue weighted by Gasteiger charge is -2.35. The van der Waals surface area contributed by atoms with Crippen LogP contribution >= 0.6 is 0 Å². The molecule has 0 bridgehead atoms. The summed E-state index contributed by atoms with van der Waals surface area (Å²) in [6.07, 6.45) is 1.05. The van der Waals surface area contributed by atoms with E-state index in [0.29, 0.717) is 5.69 Å². The molecule has 0 radical (unpaired) electrons. The molecule has 0 aliphatic heterocycles. The predicted molar refractivity (Wildman–Crippen MR) is 180 cm³/mol. The Bertz CT molecular complexity index is 1670. The van der Waals surface area contributed by atoms with Gasteiger partial charge < -0.3 is 10.2 Å². The highest BCUT2D eigenvalue weighted by Crippen LogP contribution is 2.26. The first-order valence-corrected chi connectivity index (χ1v) is 16.7. The molecule has 0 saturated carbocycles. The summed E-state index contributed by atoms with van der Waals surface area (Å²) in [5.41, 5.74) is 3.66. The maximum atomic E-state index is 14.5. The van der Waals surface area contributed by atoms with Crippen LogP contribution < -0.4 is 9.62 Å². The second-order valence-corrected chi connectivity index (χ2v) is 14.2. The number of aryl methyl sites for hydroxylation is 2. The van der Waals surface area contributed by atoms with Crippen molar-refractivity contribution in [3.63, 3.8) is 0 Å². The largest absolute Gasteiger partial charge is 0.350 e. The average Bonchev–Trinajstić information content (AvgIpc) is 3.02. The maximum Gasteiger partial charge on any atom is 0.264 e. The quantitative estimate of drug-likeness (QED) is 0.200. The predicted octanol–water partition coefficient (Wildman–Crippen LogP) is 6.31. The van der Waals surface area contributed by atoms with Crippen LogP contribution in [0.25, 0.3) is 0 Å². The van der Waals surface area contributed by atoms with Gasteiger partial charge in [0.2, 0.25) is 11.8 Å². The molecule has 2 amide bonds. The van der Waals surface area contributed by atoms with E-state index in [1.165, 1.54) is 17.0 Å². The van der Waals surface area contributed by atoms with Crippen molar-refractivity contribution in [3.05, 3.63) is 131 Å². The molecule has 0 fully saturated rings. The molecule has 8 heteroatoms. The second-order valence-electron chi connectivity index (χ2n) is 12.3. The molecule has 1 N–H and O–H groups in total. The van der Waals surface area contributed by atoms with Crippen LogP contribution in [0.4, 0.5) is 5.69 Å². The Kier molecular flexibility index (Phi) is 10.8. The summed E-state index contributed by atoms with van der Waals surface area (Å²) in [7, 11) is -4.13. The van der Waals surface area contributed by atoms with E-state index in [1.807, 2.05) is 101 Å². The minimum absolute atomic E-state index is 0.0776. The number of benzene rings is 4. The fourth-order valence-corrected chi connectivity index (χ4v) is 6.48. The number of nitrogens with zero attached hydrogens (tertiary/aromatic N) is 2. The lowest BCUT2D eigenvalue weighted by molar-refractivity contribution is -0.140. The molecule has 4 aromatic carbocycles. The van der Waals surface area contributed by atoms with E-state index < -0.39 is 34.1 Å². The van der Waals surface area contributed by atoms with Gasteiger partial charge in [0.05, 0.1) is 10.6 Å². The third-order valence-electron chi connectivity index (χ3n) is 7.49. The molecule has 0 aliphatic rings. The third kappa shape index (κ3) is 9.05. The van der Waals surface area contributed by atoms with Crippen molar-refractivity contribution in [3.8, 4) is 0 Å². The lowest BCUT2D eigenvalue weighted by atomic mass is 10.0. The minimum Gasteiger partial charge on any atom is -0.350 e. The highest BCUT2D eigenvalue weighted by Gasteiger charge is 2.35. The van der Waals surface area contributed by atoms with E-state index in [2.05, 4.69) is 5.32 Å². The Morgan fingerprint density at radius 3 is 1.87 bits per heavy atom. The van der Waals surface area contributed by atoms with Gasteiger partial charge in [0, 0.05) is 18.5 Å². The van der Waals surface area contributed by atoms with E-state index >= 15 is 0 Å². The van der Waals surface area contributed by atoms with Crippen LogP contribution in [0.1, 0.15) is 49.9 Å². The van der Waals surface area contributed by atoms with Crippen LogP contribution in [0.2, 0.25) is 0 Å². The fraction of sp³-hybridized carbons (Fsp3) is 0.297. The van der Waals surface area contributed by atoms with Crippen LogP contribution in [0, 0.1) is 6.92 Å². The zero-order valence-corrected chi connectivity index (χ0v) is 27.6. The maximum absolute atomic E-state index is 14.5. The van der Waals surface area contributed by atoms with Crippen molar-refractivity contribution in [2.75, 3.05) is 10.8 Å². The van der Waals surface area contributed by atoms with Crippen molar-refractivity contribution in [2.24, 2.45) is 0 Å². The SMILES string of the molecule is CCc1ccc(N(CC(=O)N(Cc2ccc(C)cc2)[C@@H](Cc2ccccc2)C(=O)NC(C)(C)C)S(=O)(=O)c2ccccc2)cc1. The molecule has 0 saturated heterocycles. The fourth-order valence-electron chi connectivity index (χ4n) is 5.04. The van der Waals surface area contributed by atoms with Crippen LogP contribution in [0.5, 0.6) is 0 Å². The summed E-state index contributed by atoms with van der Waals surface area (Å²) in [5, 5.41) is 3.06. The van der Waals surface area contributed by atoms with Gasteiger partial charge >= 0.3 is 0 Å². The summed E-state index contributed by atoms with van der Waals surface area (Å²) >= 11 is 0. The normalized spacial score (nSPS) is 12.3. The van der Waals surface area contributed by atoms with Gasteiger partial charge in [0.1, 0.15) is 12.6 Å².